The molecule has 2 aromatic carbocycles. The summed E-state index contributed by atoms with van der Waals surface area (Å²) in [6, 6.07) is 14.3. The minimum atomic E-state index is -0.421. The van der Waals surface area contributed by atoms with Gasteiger partial charge in [-0.2, -0.15) is 0 Å². The molecule has 2 aliphatic heterocycles. The van der Waals surface area contributed by atoms with Crippen molar-refractivity contribution in [2.45, 2.75) is 31.8 Å². The lowest BCUT2D eigenvalue weighted by Gasteiger charge is -2.36. The van der Waals surface area contributed by atoms with Crippen molar-refractivity contribution in [1.29, 1.82) is 0 Å². The predicted octanol–water partition coefficient (Wildman–Crippen LogP) is 2.42. The zero-order valence-electron chi connectivity index (χ0n) is 17.7. The summed E-state index contributed by atoms with van der Waals surface area (Å²) in [6.45, 7) is 4.32. The molecule has 0 spiro atoms. The lowest BCUT2D eigenvalue weighted by atomic mass is 9.99. The van der Waals surface area contributed by atoms with Crippen LogP contribution in [0.2, 0.25) is 0 Å². The fourth-order valence-corrected chi connectivity index (χ4v) is 4.48. The lowest BCUT2D eigenvalue weighted by Crippen LogP contribution is -2.56. The van der Waals surface area contributed by atoms with Crippen molar-refractivity contribution < 1.29 is 14.3 Å². The van der Waals surface area contributed by atoms with E-state index in [1.54, 1.807) is 4.90 Å². The molecule has 2 aliphatic rings. The molecule has 0 aliphatic carbocycles. The van der Waals surface area contributed by atoms with Crippen molar-refractivity contribution >= 4 is 22.6 Å². The summed E-state index contributed by atoms with van der Waals surface area (Å²) in [6.07, 6.45) is 2.21. The molecule has 6 heteroatoms. The Morgan fingerprint density at radius 3 is 2.73 bits per heavy atom. The van der Waals surface area contributed by atoms with Crippen LogP contribution < -0.4 is 5.32 Å². The normalized spacial score (nSPS) is 20.8. The third-order valence-electron chi connectivity index (χ3n) is 6.31. The second-order valence-electron chi connectivity index (χ2n) is 8.49. The SMILES string of the molecule is CN(CC1CCOCC1)C(=O)CC1C(=O)NCCN1Cc1ccc2ccccc2c1. The Morgan fingerprint density at radius 2 is 1.93 bits per heavy atom. The maximum Gasteiger partial charge on any atom is 0.237 e. The maximum atomic E-state index is 12.9. The van der Waals surface area contributed by atoms with E-state index in [0.29, 0.717) is 19.0 Å². The van der Waals surface area contributed by atoms with E-state index >= 15 is 0 Å². The third kappa shape index (κ3) is 4.99. The van der Waals surface area contributed by atoms with Gasteiger partial charge in [0.1, 0.15) is 0 Å². The topological polar surface area (TPSA) is 61.9 Å². The average molecular weight is 410 g/mol. The summed E-state index contributed by atoms with van der Waals surface area (Å²) < 4.78 is 5.41. The van der Waals surface area contributed by atoms with Crippen molar-refractivity contribution in [3.63, 3.8) is 0 Å². The van der Waals surface area contributed by atoms with Crippen LogP contribution in [0.5, 0.6) is 0 Å². The molecule has 1 unspecified atom stereocenters. The van der Waals surface area contributed by atoms with Gasteiger partial charge in [-0.15, -0.1) is 0 Å². The van der Waals surface area contributed by atoms with Gasteiger partial charge in [0.2, 0.25) is 11.8 Å². The minimum absolute atomic E-state index is 0.0343. The molecule has 1 N–H and O–H groups in total. The van der Waals surface area contributed by atoms with Crippen molar-refractivity contribution in [3.05, 3.63) is 48.0 Å². The fourth-order valence-electron chi connectivity index (χ4n) is 4.48. The second-order valence-corrected chi connectivity index (χ2v) is 8.49. The molecule has 160 valence electrons. The first-order valence-corrected chi connectivity index (χ1v) is 10.9. The number of hydrogen-bond donors (Lipinski definition) is 1. The van der Waals surface area contributed by atoms with E-state index in [9.17, 15) is 9.59 Å². The van der Waals surface area contributed by atoms with Crippen LogP contribution in [-0.4, -0.2) is 67.6 Å². The third-order valence-corrected chi connectivity index (χ3v) is 6.31. The zero-order chi connectivity index (χ0) is 20.9. The Hall–Kier alpha value is -2.44. The van der Waals surface area contributed by atoms with E-state index in [1.807, 2.05) is 19.2 Å². The van der Waals surface area contributed by atoms with E-state index < -0.39 is 6.04 Å². The summed E-state index contributed by atoms with van der Waals surface area (Å²) in [5.41, 5.74) is 1.16. The van der Waals surface area contributed by atoms with Crippen molar-refractivity contribution in [3.8, 4) is 0 Å². The first-order chi connectivity index (χ1) is 14.6. The number of amides is 2. The van der Waals surface area contributed by atoms with Crippen LogP contribution in [0.1, 0.15) is 24.8 Å². The highest BCUT2D eigenvalue weighted by Crippen LogP contribution is 2.21. The lowest BCUT2D eigenvalue weighted by molar-refractivity contribution is -0.138. The molecule has 1 atom stereocenters. The molecule has 0 bridgehead atoms. The number of nitrogens with zero attached hydrogens (tertiary/aromatic N) is 2. The van der Waals surface area contributed by atoms with E-state index in [2.05, 4.69) is 40.5 Å². The Kier molecular flexibility index (Phi) is 6.65. The molecule has 2 saturated heterocycles. The summed E-state index contributed by atoms with van der Waals surface area (Å²) in [4.78, 5) is 29.4. The van der Waals surface area contributed by atoms with Crippen LogP contribution in [-0.2, 0) is 20.9 Å². The number of hydrogen-bond acceptors (Lipinski definition) is 4. The molecule has 30 heavy (non-hydrogen) atoms. The number of carbonyl (C=O) groups is 2. The van der Waals surface area contributed by atoms with Crippen molar-refractivity contribution in [2.75, 3.05) is 39.9 Å². The van der Waals surface area contributed by atoms with E-state index in [-0.39, 0.29) is 18.2 Å². The molecule has 2 aromatic rings. The number of fused-ring (bicyclic) bond motifs is 1. The van der Waals surface area contributed by atoms with Gasteiger partial charge in [0.05, 0.1) is 12.5 Å². The van der Waals surface area contributed by atoms with Gasteiger partial charge in [-0.05, 0) is 41.2 Å². The van der Waals surface area contributed by atoms with Crippen molar-refractivity contribution in [2.24, 2.45) is 5.92 Å². The van der Waals surface area contributed by atoms with Crippen LogP contribution >= 0.6 is 0 Å². The summed E-state index contributed by atoms with van der Waals surface area (Å²) in [5, 5.41) is 5.34. The molecule has 0 aromatic heterocycles. The van der Waals surface area contributed by atoms with Crippen LogP contribution in [0.3, 0.4) is 0 Å². The standard InChI is InChI=1S/C24H31N3O3/c1-26(16-18-8-12-30-13-9-18)23(28)15-22-24(29)25-10-11-27(22)17-19-6-7-20-4-2-3-5-21(20)14-19/h2-7,14,18,22H,8-13,15-17H2,1H3,(H,25,29). The van der Waals surface area contributed by atoms with Gasteiger partial charge in [-0.1, -0.05) is 36.4 Å². The first kappa shape index (κ1) is 20.8. The van der Waals surface area contributed by atoms with Gasteiger partial charge < -0.3 is 15.0 Å². The summed E-state index contributed by atoms with van der Waals surface area (Å²) in [5.74, 6) is 0.475. The molecule has 0 saturated carbocycles. The molecule has 4 rings (SSSR count). The highest BCUT2D eigenvalue weighted by atomic mass is 16.5. The monoisotopic (exact) mass is 409 g/mol. The van der Waals surface area contributed by atoms with Crippen molar-refractivity contribution in [1.82, 2.24) is 15.1 Å². The summed E-state index contributed by atoms with van der Waals surface area (Å²) >= 11 is 0. The predicted molar refractivity (Wildman–Crippen MR) is 117 cm³/mol. The Bertz CT molecular complexity index is 894. The first-order valence-electron chi connectivity index (χ1n) is 10.9. The largest absolute Gasteiger partial charge is 0.381 e. The van der Waals surface area contributed by atoms with Gasteiger partial charge in [0, 0.05) is 46.4 Å². The van der Waals surface area contributed by atoms with Crippen LogP contribution in [0.15, 0.2) is 42.5 Å². The minimum Gasteiger partial charge on any atom is -0.381 e. The van der Waals surface area contributed by atoms with E-state index in [1.165, 1.54) is 10.8 Å². The van der Waals surface area contributed by atoms with Crippen LogP contribution in [0.4, 0.5) is 0 Å². The summed E-state index contributed by atoms with van der Waals surface area (Å²) in [7, 11) is 1.85. The molecule has 2 heterocycles. The molecular weight excluding hydrogens is 378 g/mol. The van der Waals surface area contributed by atoms with Gasteiger partial charge in [-0.25, -0.2) is 0 Å². The van der Waals surface area contributed by atoms with Gasteiger partial charge >= 0.3 is 0 Å². The fraction of sp³-hybridized carbons (Fsp3) is 0.500. The zero-order valence-corrected chi connectivity index (χ0v) is 17.7. The average Bonchev–Trinajstić information content (AvgIpc) is 2.76. The number of nitrogens with one attached hydrogen (secondary N) is 1. The van der Waals surface area contributed by atoms with E-state index in [0.717, 1.165) is 44.7 Å². The number of carbonyl (C=O) groups excluding carboxylic acids is 2. The highest BCUT2D eigenvalue weighted by molar-refractivity contribution is 5.89. The number of rotatable bonds is 6. The van der Waals surface area contributed by atoms with Crippen LogP contribution in [0, 0.1) is 5.92 Å². The Labute approximate surface area is 178 Å². The number of piperazine rings is 1. The Balaban J connectivity index is 1.41. The highest BCUT2D eigenvalue weighted by Gasteiger charge is 2.32. The van der Waals surface area contributed by atoms with E-state index in [4.69, 9.17) is 4.74 Å². The van der Waals surface area contributed by atoms with Gasteiger partial charge in [0.25, 0.3) is 0 Å². The molecule has 2 amide bonds. The second kappa shape index (κ2) is 9.58. The number of benzene rings is 2. The molecule has 2 fully saturated rings. The molecule has 6 nitrogen and oxygen atoms in total. The maximum absolute atomic E-state index is 12.9. The van der Waals surface area contributed by atoms with Gasteiger partial charge in [-0.3, -0.25) is 14.5 Å². The Morgan fingerprint density at radius 1 is 1.17 bits per heavy atom. The van der Waals surface area contributed by atoms with Gasteiger partial charge in [0.15, 0.2) is 0 Å². The quantitative estimate of drug-likeness (QED) is 0.796. The smallest absolute Gasteiger partial charge is 0.237 e. The molecule has 0 radical (unpaired) electrons. The number of ether oxygens (including phenoxy) is 1. The molecular formula is C24H31N3O3. The van der Waals surface area contributed by atoms with Crippen LogP contribution in [0.25, 0.3) is 10.8 Å².